The van der Waals surface area contributed by atoms with E-state index >= 15 is 0 Å². The van der Waals surface area contributed by atoms with Crippen molar-refractivity contribution in [2.75, 3.05) is 13.2 Å². The van der Waals surface area contributed by atoms with Gasteiger partial charge < -0.3 is 10.1 Å². The molecule has 0 fully saturated rings. The topological polar surface area (TPSA) is 68.3 Å². The largest absolute Gasteiger partial charge is 0.491 e. The number of ketones is 1. The number of aromatic nitrogens is 1. The van der Waals surface area contributed by atoms with Crippen molar-refractivity contribution in [3.63, 3.8) is 0 Å². The molecule has 0 radical (unpaired) electrons. The van der Waals surface area contributed by atoms with Crippen LogP contribution in [0.25, 0.3) is 16.5 Å². The highest BCUT2D eigenvalue weighted by atomic mass is 32.1. The van der Waals surface area contributed by atoms with E-state index in [2.05, 4.69) is 10.3 Å². The van der Waals surface area contributed by atoms with E-state index in [-0.39, 0.29) is 11.7 Å². The Hall–Kier alpha value is -3.25. The monoisotopic (exact) mass is 392 g/mol. The highest BCUT2D eigenvalue weighted by Gasteiger charge is 2.10. The second kappa shape index (κ2) is 9.62. The summed E-state index contributed by atoms with van der Waals surface area (Å²) in [5.74, 6) is 0.585. The summed E-state index contributed by atoms with van der Waals surface area (Å²) in [6, 6.07) is 15.1. The molecule has 28 heavy (non-hydrogen) atoms. The van der Waals surface area contributed by atoms with Crippen LogP contribution < -0.4 is 10.1 Å². The first-order valence-corrected chi connectivity index (χ1v) is 9.64. The first-order valence-electron chi connectivity index (χ1n) is 8.82. The zero-order valence-corrected chi connectivity index (χ0v) is 16.2. The summed E-state index contributed by atoms with van der Waals surface area (Å²) < 4.78 is 5.85. The minimum Gasteiger partial charge on any atom is -0.491 e. The number of thiophene rings is 1. The van der Waals surface area contributed by atoms with Gasteiger partial charge in [-0.3, -0.25) is 14.6 Å². The highest BCUT2D eigenvalue weighted by Crippen LogP contribution is 2.35. The van der Waals surface area contributed by atoms with Gasteiger partial charge in [0.25, 0.3) is 0 Å². The number of carbonyl (C=O) groups excluding carboxylic acids is 2. The number of nitrogens with zero attached hydrogens (tertiary/aromatic N) is 1. The van der Waals surface area contributed by atoms with Crippen LogP contribution in [0.4, 0.5) is 0 Å². The third kappa shape index (κ3) is 5.37. The molecule has 0 saturated carbocycles. The standard InChI is InChI=1S/C22H20N2O3S/c1-16(25)20-9-10-21(28-20)18-6-2-3-7-19(18)27-14-13-24-22(26)11-8-17-5-4-12-23-15-17/h2-12,15H,13-14H2,1H3,(H,24,26). The second-order valence-corrected chi connectivity index (χ2v) is 7.06. The van der Waals surface area contributed by atoms with Crippen molar-refractivity contribution in [2.45, 2.75) is 6.92 Å². The molecule has 3 rings (SSSR count). The predicted molar refractivity (Wildman–Crippen MR) is 112 cm³/mol. The Morgan fingerprint density at radius 2 is 2.00 bits per heavy atom. The number of hydrogen-bond donors (Lipinski definition) is 1. The van der Waals surface area contributed by atoms with Crippen molar-refractivity contribution in [1.29, 1.82) is 0 Å². The van der Waals surface area contributed by atoms with Gasteiger partial charge in [0.2, 0.25) is 5.91 Å². The Kier molecular flexibility index (Phi) is 6.70. The Labute approximate surface area is 167 Å². The molecular formula is C22H20N2O3S. The molecule has 0 bridgehead atoms. The number of pyridine rings is 1. The molecule has 0 unspecified atom stereocenters. The van der Waals surface area contributed by atoms with Gasteiger partial charge in [-0.1, -0.05) is 18.2 Å². The van der Waals surface area contributed by atoms with Gasteiger partial charge in [-0.05, 0) is 48.9 Å². The fraction of sp³-hybridized carbons (Fsp3) is 0.136. The number of ether oxygens (including phenoxy) is 1. The Bertz CT molecular complexity index is 980. The fourth-order valence-corrected chi connectivity index (χ4v) is 3.44. The van der Waals surface area contributed by atoms with Crippen LogP contribution >= 0.6 is 11.3 Å². The van der Waals surface area contributed by atoms with Gasteiger partial charge in [0.15, 0.2) is 5.78 Å². The van der Waals surface area contributed by atoms with Crippen LogP contribution in [0.1, 0.15) is 22.2 Å². The maximum absolute atomic E-state index is 11.9. The molecule has 2 aromatic heterocycles. The second-order valence-electron chi connectivity index (χ2n) is 5.98. The zero-order chi connectivity index (χ0) is 19.8. The van der Waals surface area contributed by atoms with E-state index < -0.39 is 0 Å². The van der Waals surface area contributed by atoms with Crippen molar-refractivity contribution in [3.05, 3.63) is 77.4 Å². The van der Waals surface area contributed by atoms with Gasteiger partial charge in [0, 0.05) is 28.9 Å². The van der Waals surface area contributed by atoms with Crippen molar-refractivity contribution >= 4 is 29.1 Å². The fourth-order valence-electron chi connectivity index (χ4n) is 2.51. The number of nitrogens with one attached hydrogen (secondary N) is 1. The quantitative estimate of drug-likeness (QED) is 0.354. The first kappa shape index (κ1) is 19.5. The predicted octanol–water partition coefficient (Wildman–Crippen LogP) is 4.22. The molecule has 5 nitrogen and oxygen atoms in total. The van der Waals surface area contributed by atoms with E-state index in [1.807, 2.05) is 48.5 Å². The lowest BCUT2D eigenvalue weighted by molar-refractivity contribution is -0.116. The molecule has 6 heteroatoms. The van der Waals surface area contributed by atoms with Crippen molar-refractivity contribution in [3.8, 4) is 16.2 Å². The lowest BCUT2D eigenvalue weighted by Crippen LogP contribution is -2.26. The molecular weight excluding hydrogens is 372 g/mol. The van der Waals surface area contributed by atoms with Crippen LogP contribution in [0.2, 0.25) is 0 Å². The number of hydrogen-bond acceptors (Lipinski definition) is 5. The number of benzene rings is 1. The summed E-state index contributed by atoms with van der Waals surface area (Å²) in [6.07, 6.45) is 6.55. The molecule has 0 aliphatic carbocycles. The van der Waals surface area contributed by atoms with Crippen LogP contribution in [-0.4, -0.2) is 29.8 Å². The van der Waals surface area contributed by atoms with Crippen molar-refractivity contribution in [2.24, 2.45) is 0 Å². The van der Waals surface area contributed by atoms with Crippen molar-refractivity contribution < 1.29 is 14.3 Å². The highest BCUT2D eigenvalue weighted by molar-refractivity contribution is 7.17. The molecule has 0 aliphatic heterocycles. The minimum absolute atomic E-state index is 0.0525. The molecule has 142 valence electrons. The maximum Gasteiger partial charge on any atom is 0.244 e. The molecule has 0 atom stereocenters. The molecule has 2 heterocycles. The van der Waals surface area contributed by atoms with E-state index in [1.54, 1.807) is 25.4 Å². The first-order chi connectivity index (χ1) is 13.6. The minimum atomic E-state index is -0.190. The summed E-state index contributed by atoms with van der Waals surface area (Å²) in [4.78, 5) is 29.1. The Morgan fingerprint density at radius 3 is 2.75 bits per heavy atom. The molecule has 0 aliphatic rings. The SMILES string of the molecule is CC(=O)c1ccc(-c2ccccc2OCCNC(=O)C=Cc2cccnc2)s1. The maximum atomic E-state index is 11.9. The molecule has 1 amide bonds. The zero-order valence-electron chi connectivity index (χ0n) is 15.4. The summed E-state index contributed by atoms with van der Waals surface area (Å²) in [7, 11) is 0. The van der Waals surface area contributed by atoms with Gasteiger partial charge in [-0.2, -0.15) is 0 Å². The summed E-state index contributed by atoms with van der Waals surface area (Å²) in [5.41, 5.74) is 1.80. The average Bonchev–Trinajstić information content (AvgIpc) is 3.21. The number of amides is 1. The molecule has 1 N–H and O–H groups in total. The third-order valence-corrected chi connectivity index (χ3v) is 5.10. The van der Waals surface area contributed by atoms with Gasteiger partial charge in [-0.15, -0.1) is 11.3 Å². The summed E-state index contributed by atoms with van der Waals surface area (Å²) >= 11 is 1.44. The molecule has 0 spiro atoms. The van der Waals surface area contributed by atoms with Crippen LogP contribution in [-0.2, 0) is 4.79 Å². The van der Waals surface area contributed by atoms with Crippen LogP contribution in [0.15, 0.2) is 67.0 Å². The lowest BCUT2D eigenvalue weighted by atomic mass is 10.1. The van der Waals surface area contributed by atoms with E-state index in [9.17, 15) is 9.59 Å². The number of carbonyl (C=O) groups is 2. The van der Waals surface area contributed by atoms with Crippen LogP contribution in [0, 0.1) is 0 Å². The van der Waals surface area contributed by atoms with E-state index in [4.69, 9.17) is 4.74 Å². The van der Waals surface area contributed by atoms with E-state index in [0.29, 0.717) is 13.2 Å². The number of Topliss-reactive ketones (excluding diaryl/α,β-unsaturated/α-hetero) is 1. The molecule has 0 saturated heterocycles. The van der Waals surface area contributed by atoms with Crippen LogP contribution in [0.3, 0.4) is 0 Å². The normalized spacial score (nSPS) is 10.8. The lowest BCUT2D eigenvalue weighted by Gasteiger charge is -2.10. The average molecular weight is 392 g/mol. The van der Waals surface area contributed by atoms with E-state index in [0.717, 1.165) is 26.6 Å². The summed E-state index contributed by atoms with van der Waals surface area (Å²) in [5, 5.41) is 2.79. The van der Waals surface area contributed by atoms with Gasteiger partial charge in [0.05, 0.1) is 11.4 Å². The molecule has 3 aromatic rings. The smallest absolute Gasteiger partial charge is 0.244 e. The number of para-hydroxylation sites is 1. The van der Waals surface area contributed by atoms with Gasteiger partial charge >= 0.3 is 0 Å². The molecule has 1 aromatic carbocycles. The van der Waals surface area contributed by atoms with E-state index in [1.165, 1.54) is 17.4 Å². The third-order valence-electron chi connectivity index (χ3n) is 3.88. The van der Waals surface area contributed by atoms with Crippen molar-refractivity contribution in [1.82, 2.24) is 10.3 Å². The Balaban J connectivity index is 1.53. The van der Waals surface area contributed by atoms with Crippen LogP contribution in [0.5, 0.6) is 5.75 Å². The van der Waals surface area contributed by atoms with Gasteiger partial charge in [0.1, 0.15) is 12.4 Å². The summed E-state index contributed by atoms with van der Waals surface area (Å²) in [6.45, 7) is 2.28. The Morgan fingerprint density at radius 1 is 1.14 bits per heavy atom. The number of rotatable bonds is 8. The van der Waals surface area contributed by atoms with Gasteiger partial charge in [-0.25, -0.2) is 0 Å².